The first-order valence-corrected chi connectivity index (χ1v) is 10.2. The van der Waals surface area contributed by atoms with Crippen molar-refractivity contribution in [2.75, 3.05) is 12.4 Å². The van der Waals surface area contributed by atoms with Gasteiger partial charge in [0.15, 0.2) is 11.5 Å². The number of pyridine rings is 1. The molecule has 1 atom stereocenters. The number of halogens is 4. The summed E-state index contributed by atoms with van der Waals surface area (Å²) in [4.78, 5) is 18.1. The highest BCUT2D eigenvalue weighted by atomic mass is 35.5. The van der Waals surface area contributed by atoms with Gasteiger partial charge in [-0.1, -0.05) is 29.8 Å². The van der Waals surface area contributed by atoms with Crippen molar-refractivity contribution in [2.24, 2.45) is 0 Å². The zero-order chi connectivity index (χ0) is 24.5. The lowest BCUT2D eigenvalue weighted by atomic mass is 10.1. The van der Waals surface area contributed by atoms with Crippen LogP contribution in [0.25, 0.3) is 11.5 Å². The number of benzene rings is 1. The number of para-hydroxylation sites is 1. The van der Waals surface area contributed by atoms with E-state index >= 15 is 0 Å². The third-order valence-corrected chi connectivity index (χ3v) is 5.20. The van der Waals surface area contributed by atoms with E-state index in [0.29, 0.717) is 10.2 Å². The van der Waals surface area contributed by atoms with Crippen LogP contribution >= 0.6 is 11.6 Å². The molecule has 34 heavy (non-hydrogen) atoms. The van der Waals surface area contributed by atoms with E-state index < -0.39 is 29.4 Å². The summed E-state index contributed by atoms with van der Waals surface area (Å²) in [6.07, 6.45) is -0.433. The fourth-order valence-corrected chi connectivity index (χ4v) is 3.53. The standard InChI is InChI=1S/C21H17ClF3N7O2/c1-12(34-2)14-5-3-4-6-17(14)31-18(21(23,24)25)15(11-29-31)20(33)30-13-9-16(22)19(26-10-13)32-27-7-8-28-32/h3-12H,1-2H3,(H,30,33). The molecule has 1 N–H and O–H groups in total. The summed E-state index contributed by atoms with van der Waals surface area (Å²) in [7, 11) is 1.45. The summed E-state index contributed by atoms with van der Waals surface area (Å²) in [5.41, 5.74) is -1.19. The molecule has 0 aliphatic rings. The smallest absolute Gasteiger partial charge is 0.377 e. The summed E-state index contributed by atoms with van der Waals surface area (Å²) >= 11 is 6.18. The number of alkyl halides is 3. The Bertz CT molecular complexity index is 1320. The Labute approximate surface area is 196 Å². The van der Waals surface area contributed by atoms with Gasteiger partial charge in [-0.05, 0) is 19.1 Å². The number of anilines is 1. The Hall–Kier alpha value is -3.77. The first kappa shape index (κ1) is 23.4. The van der Waals surface area contributed by atoms with Crippen LogP contribution in [0.15, 0.2) is 55.1 Å². The number of rotatable bonds is 6. The maximum Gasteiger partial charge on any atom is 0.434 e. The van der Waals surface area contributed by atoms with Crippen LogP contribution in [-0.4, -0.2) is 42.8 Å². The minimum atomic E-state index is -4.88. The molecule has 3 heterocycles. The molecule has 9 nitrogen and oxygen atoms in total. The van der Waals surface area contributed by atoms with Crippen molar-refractivity contribution in [3.05, 3.63) is 77.0 Å². The van der Waals surface area contributed by atoms with Crippen molar-refractivity contribution >= 4 is 23.2 Å². The molecule has 3 aromatic heterocycles. The molecule has 176 valence electrons. The van der Waals surface area contributed by atoms with E-state index in [9.17, 15) is 18.0 Å². The maximum atomic E-state index is 14.1. The molecule has 1 unspecified atom stereocenters. The third-order valence-electron chi connectivity index (χ3n) is 4.93. The van der Waals surface area contributed by atoms with Crippen molar-refractivity contribution in [3.8, 4) is 11.5 Å². The lowest BCUT2D eigenvalue weighted by Crippen LogP contribution is -2.21. The summed E-state index contributed by atoms with van der Waals surface area (Å²) in [5, 5.41) is 14.2. The maximum absolute atomic E-state index is 14.1. The lowest BCUT2D eigenvalue weighted by molar-refractivity contribution is -0.143. The monoisotopic (exact) mass is 491 g/mol. The third kappa shape index (κ3) is 4.50. The molecule has 1 aromatic carbocycles. The molecule has 13 heteroatoms. The Morgan fingerprint density at radius 3 is 2.50 bits per heavy atom. The highest BCUT2D eigenvalue weighted by Gasteiger charge is 2.41. The number of aromatic nitrogens is 6. The molecular weight excluding hydrogens is 475 g/mol. The van der Waals surface area contributed by atoms with Gasteiger partial charge in [0, 0.05) is 12.7 Å². The van der Waals surface area contributed by atoms with Crippen molar-refractivity contribution < 1.29 is 22.7 Å². The Kier molecular flexibility index (Phi) is 6.35. The van der Waals surface area contributed by atoms with Crippen LogP contribution in [0.2, 0.25) is 5.02 Å². The fraction of sp³-hybridized carbons (Fsp3) is 0.190. The zero-order valence-electron chi connectivity index (χ0n) is 17.8. The van der Waals surface area contributed by atoms with Crippen LogP contribution in [0.1, 0.15) is 34.6 Å². The topological polar surface area (TPSA) is 99.8 Å². The van der Waals surface area contributed by atoms with Crippen LogP contribution < -0.4 is 5.32 Å². The second kappa shape index (κ2) is 9.23. The number of methoxy groups -OCH3 is 1. The van der Waals surface area contributed by atoms with Gasteiger partial charge in [0.1, 0.15) is 0 Å². The lowest BCUT2D eigenvalue weighted by Gasteiger charge is -2.18. The Balaban J connectivity index is 1.70. The minimum absolute atomic E-state index is 0.0835. The van der Waals surface area contributed by atoms with Crippen LogP contribution in [0, 0.1) is 0 Å². The highest BCUT2D eigenvalue weighted by Crippen LogP contribution is 2.36. The second-order valence-corrected chi connectivity index (χ2v) is 7.46. The molecule has 0 aliphatic heterocycles. The van der Waals surface area contributed by atoms with E-state index in [0.717, 1.165) is 11.0 Å². The number of nitrogens with zero attached hydrogens (tertiary/aromatic N) is 6. The molecule has 0 spiro atoms. The van der Waals surface area contributed by atoms with Gasteiger partial charge in [0.2, 0.25) is 0 Å². The SMILES string of the molecule is COC(C)c1ccccc1-n1ncc(C(=O)Nc2cnc(-n3nccn3)c(Cl)c2)c1C(F)(F)F. The molecule has 4 rings (SSSR count). The van der Waals surface area contributed by atoms with Crippen LogP contribution in [0.3, 0.4) is 0 Å². The second-order valence-electron chi connectivity index (χ2n) is 7.06. The van der Waals surface area contributed by atoms with Crippen molar-refractivity contribution in [3.63, 3.8) is 0 Å². The number of amides is 1. The Morgan fingerprint density at radius 2 is 1.85 bits per heavy atom. The predicted molar refractivity (Wildman–Crippen MR) is 116 cm³/mol. The fourth-order valence-electron chi connectivity index (χ4n) is 3.29. The van der Waals surface area contributed by atoms with E-state index in [1.54, 1.807) is 25.1 Å². The van der Waals surface area contributed by atoms with Crippen LogP contribution in [0.5, 0.6) is 0 Å². The number of carbonyl (C=O) groups excluding carboxylic acids is 1. The molecule has 0 fully saturated rings. The minimum Gasteiger partial charge on any atom is -0.377 e. The van der Waals surface area contributed by atoms with Crippen molar-refractivity contribution in [1.29, 1.82) is 0 Å². The Morgan fingerprint density at radius 1 is 1.15 bits per heavy atom. The molecular formula is C21H17ClF3N7O2. The van der Waals surface area contributed by atoms with Crippen molar-refractivity contribution in [2.45, 2.75) is 19.2 Å². The van der Waals surface area contributed by atoms with E-state index in [4.69, 9.17) is 16.3 Å². The molecule has 0 saturated carbocycles. The number of nitrogens with one attached hydrogen (secondary N) is 1. The van der Waals surface area contributed by atoms with E-state index in [-0.39, 0.29) is 22.2 Å². The highest BCUT2D eigenvalue weighted by molar-refractivity contribution is 6.32. The molecule has 4 aromatic rings. The molecule has 0 radical (unpaired) electrons. The number of ether oxygens (including phenoxy) is 1. The van der Waals surface area contributed by atoms with Crippen molar-refractivity contribution in [1.82, 2.24) is 29.8 Å². The normalized spacial score (nSPS) is 12.5. The van der Waals surface area contributed by atoms with E-state index in [2.05, 4.69) is 25.6 Å². The number of hydrogen-bond donors (Lipinski definition) is 1. The number of carbonyl (C=O) groups is 1. The van der Waals surface area contributed by atoms with Gasteiger partial charge in [-0.15, -0.1) is 4.80 Å². The summed E-state index contributed by atoms with van der Waals surface area (Å²) in [6.45, 7) is 1.70. The quantitative estimate of drug-likeness (QED) is 0.427. The predicted octanol–water partition coefficient (Wildman–Crippen LogP) is 4.48. The van der Waals surface area contributed by atoms with Gasteiger partial charge in [0.25, 0.3) is 5.91 Å². The van der Waals surface area contributed by atoms with Gasteiger partial charge < -0.3 is 10.1 Å². The first-order valence-electron chi connectivity index (χ1n) is 9.81. The molecule has 0 bridgehead atoms. The van der Waals surface area contributed by atoms with Gasteiger partial charge >= 0.3 is 6.18 Å². The van der Waals surface area contributed by atoms with Crippen LogP contribution in [-0.2, 0) is 10.9 Å². The van der Waals surface area contributed by atoms with Gasteiger partial charge in [-0.25, -0.2) is 9.67 Å². The summed E-state index contributed by atoms with van der Waals surface area (Å²) in [5.74, 6) is -0.837. The zero-order valence-corrected chi connectivity index (χ0v) is 18.5. The molecule has 0 aliphatic carbocycles. The van der Waals surface area contributed by atoms with E-state index in [1.165, 1.54) is 37.8 Å². The average molecular weight is 492 g/mol. The van der Waals surface area contributed by atoms with Gasteiger partial charge in [-0.2, -0.15) is 28.5 Å². The molecule has 1 amide bonds. The first-order chi connectivity index (χ1) is 16.2. The number of hydrogen-bond acceptors (Lipinski definition) is 6. The van der Waals surface area contributed by atoms with Crippen LogP contribution in [0.4, 0.5) is 18.9 Å². The van der Waals surface area contributed by atoms with E-state index in [1.807, 2.05) is 0 Å². The summed E-state index contributed by atoms with van der Waals surface area (Å²) in [6, 6.07) is 7.69. The van der Waals surface area contributed by atoms with Gasteiger partial charge in [0.05, 0.1) is 52.9 Å². The average Bonchev–Trinajstić information content (AvgIpc) is 3.49. The largest absolute Gasteiger partial charge is 0.434 e. The molecule has 0 saturated heterocycles. The summed E-state index contributed by atoms with van der Waals surface area (Å²) < 4.78 is 48.2. The van der Waals surface area contributed by atoms with Gasteiger partial charge in [-0.3, -0.25) is 4.79 Å².